The molecule has 1 aliphatic carbocycles. The van der Waals surface area contributed by atoms with Crippen molar-refractivity contribution >= 4 is 6.08 Å². The molecule has 0 radical (unpaired) electrons. The van der Waals surface area contributed by atoms with Gasteiger partial charge in [0.2, 0.25) is 0 Å². The van der Waals surface area contributed by atoms with Crippen molar-refractivity contribution in [2.75, 3.05) is 0 Å². The van der Waals surface area contributed by atoms with Gasteiger partial charge < -0.3 is 5.73 Å². The van der Waals surface area contributed by atoms with Crippen molar-refractivity contribution in [1.82, 2.24) is 0 Å². The minimum Gasteiger partial charge on any atom is -0.405 e. The van der Waals surface area contributed by atoms with E-state index in [1.807, 2.05) is 31.2 Å². The molecule has 0 aliphatic heterocycles. The molecule has 2 rings (SSSR count). The predicted octanol–water partition coefficient (Wildman–Crippen LogP) is 9.13. The lowest BCUT2D eigenvalue weighted by Crippen LogP contribution is -2.12. The predicted molar refractivity (Wildman–Crippen MR) is 157 cm³/mol. The number of allylic oxidation sites excluding steroid dienone is 17. The van der Waals surface area contributed by atoms with Crippen LogP contribution in [0.1, 0.15) is 45.2 Å². The average molecular weight is 464 g/mol. The van der Waals surface area contributed by atoms with Crippen LogP contribution in [0.3, 0.4) is 0 Å². The molecule has 0 fully saturated rings. The van der Waals surface area contributed by atoms with Gasteiger partial charge in [0.25, 0.3) is 0 Å². The molecule has 1 aromatic carbocycles. The summed E-state index contributed by atoms with van der Waals surface area (Å²) in [6.07, 6.45) is 32.2. The van der Waals surface area contributed by atoms with E-state index in [0.29, 0.717) is 5.92 Å². The fourth-order valence-electron chi connectivity index (χ4n) is 4.26. The molecule has 0 bridgehead atoms. The molecule has 35 heavy (non-hydrogen) atoms. The Hall–Kier alpha value is -3.58. The van der Waals surface area contributed by atoms with Crippen molar-refractivity contribution in [3.63, 3.8) is 0 Å². The normalized spacial score (nSPS) is 19.9. The topological polar surface area (TPSA) is 26.0 Å². The van der Waals surface area contributed by atoms with Gasteiger partial charge in [-0.15, -0.1) is 0 Å². The third-order valence-electron chi connectivity index (χ3n) is 6.19. The van der Waals surface area contributed by atoms with E-state index < -0.39 is 0 Å². The molecule has 1 aromatic rings. The van der Waals surface area contributed by atoms with Crippen molar-refractivity contribution in [1.29, 1.82) is 0 Å². The second kappa shape index (κ2) is 14.0. The smallest absolute Gasteiger partial charge is 0.0158 e. The molecule has 0 amide bonds. The maximum atomic E-state index is 5.55. The van der Waals surface area contributed by atoms with Gasteiger partial charge in [0.1, 0.15) is 0 Å². The number of rotatable bonds is 10. The fraction of sp³-hybridized carbons (Fsp3) is 0.235. The van der Waals surface area contributed by atoms with E-state index in [9.17, 15) is 0 Å². The summed E-state index contributed by atoms with van der Waals surface area (Å²) in [5.41, 5.74) is 12.9. The van der Waals surface area contributed by atoms with Gasteiger partial charge >= 0.3 is 0 Å². The molecule has 2 N–H and O–H groups in total. The van der Waals surface area contributed by atoms with Crippen molar-refractivity contribution in [3.05, 3.63) is 149 Å². The van der Waals surface area contributed by atoms with Crippen LogP contribution in [0.2, 0.25) is 0 Å². The van der Waals surface area contributed by atoms with Crippen LogP contribution >= 0.6 is 0 Å². The monoisotopic (exact) mass is 463 g/mol. The summed E-state index contributed by atoms with van der Waals surface area (Å²) in [4.78, 5) is 0. The summed E-state index contributed by atoms with van der Waals surface area (Å²) in [7, 11) is 0. The molecule has 1 heteroatoms. The first-order valence-corrected chi connectivity index (χ1v) is 12.4. The Morgan fingerprint density at radius 1 is 0.943 bits per heavy atom. The highest BCUT2D eigenvalue weighted by molar-refractivity contribution is 5.75. The zero-order valence-corrected chi connectivity index (χ0v) is 22.0. The quantitative estimate of drug-likeness (QED) is 0.344. The second-order valence-corrected chi connectivity index (χ2v) is 9.21. The highest BCUT2D eigenvalue weighted by atomic mass is 14.5. The third-order valence-corrected chi connectivity index (χ3v) is 6.19. The van der Waals surface area contributed by atoms with E-state index in [0.717, 1.165) is 6.42 Å². The Bertz CT molecular complexity index is 1120. The molecule has 0 saturated carbocycles. The second-order valence-electron chi connectivity index (χ2n) is 9.21. The van der Waals surface area contributed by atoms with Gasteiger partial charge in [-0.3, -0.25) is 0 Å². The molecule has 1 aliphatic rings. The Morgan fingerprint density at radius 2 is 1.63 bits per heavy atom. The van der Waals surface area contributed by atoms with Crippen LogP contribution in [0.5, 0.6) is 0 Å². The van der Waals surface area contributed by atoms with Gasteiger partial charge in [-0.25, -0.2) is 0 Å². The van der Waals surface area contributed by atoms with E-state index in [2.05, 4.69) is 119 Å². The first kappa shape index (κ1) is 27.7. The molecule has 0 heterocycles. The van der Waals surface area contributed by atoms with Crippen LogP contribution in [0.25, 0.3) is 6.08 Å². The molecular weight excluding hydrogens is 422 g/mol. The largest absolute Gasteiger partial charge is 0.405 e. The number of hydrogen-bond donors (Lipinski definition) is 1. The first-order valence-electron chi connectivity index (χ1n) is 12.4. The number of hydrogen-bond acceptors (Lipinski definition) is 1. The maximum absolute atomic E-state index is 5.55. The molecule has 1 nitrogen and oxygen atoms in total. The van der Waals surface area contributed by atoms with Crippen LogP contribution in [0, 0.1) is 18.3 Å². The minimum atomic E-state index is -0.117. The number of benzene rings is 1. The molecule has 182 valence electrons. The van der Waals surface area contributed by atoms with E-state index in [-0.39, 0.29) is 5.41 Å². The van der Waals surface area contributed by atoms with E-state index in [1.54, 1.807) is 6.20 Å². The van der Waals surface area contributed by atoms with E-state index in [1.165, 1.54) is 33.4 Å². The maximum Gasteiger partial charge on any atom is 0.0158 e. The van der Waals surface area contributed by atoms with Crippen LogP contribution in [0.4, 0.5) is 0 Å². The van der Waals surface area contributed by atoms with E-state index in [4.69, 9.17) is 5.73 Å². The Balaban J connectivity index is 2.44. The molecule has 1 unspecified atom stereocenters. The first-order chi connectivity index (χ1) is 16.9. The van der Waals surface area contributed by atoms with Crippen LogP contribution in [0.15, 0.2) is 138 Å². The van der Waals surface area contributed by atoms with Gasteiger partial charge in [-0.2, -0.15) is 0 Å². The lowest BCUT2D eigenvalue weighted by atomic mass is 9.79. The molecule has 0 aromatic heterocycles. The van der Waals surface area contributed by atoms with Gasteiger partial charge in [0.15, 0.2) is 0 Å². The number of aryl methyl sites for hydroxylation is 1. The van der Waals surface area contributed by atoms with Gasteiger partial charge in [-0.1, -0.05) is 135 Å². The van der Waals surface area contributed by atoms with Crippen LogP contribution in [-0.4, -0.2) is 0 Å². The molecule has 0 spiro atoms. The lowest BCUT2D eigenvalue weighted by Gasteiger charge is -2.24. The molecule has 0 saturated heterocycles. The van der Waals surface area contributed by atoms with Crippen molar-refractivity contribution in [2.45, 2.75) is 41.0 Å². The standard InChI is InChI=1S/C34H41N/c1-7-10-12-17-28(19-15-25-35)18-13-11-14-20-31-30(9-3)32(16-8-2)34(5,6)33(31)26-29-23-21-27(4)22-24-29/h7-18,20-26,28H,3,19,35H2,1-2,4-6H3/b10-7-,14-11+,16-8-,17-12-,18-13-,25-15+,31-20-,33-26+. The Kier molecular flexibility index (Phi) is 11.0. The van der Waals surface area contributed by atoms with Gasteiger partial charge in [-0.05, 0) is 67.2 Å². The Morgan fingerprint density at radius 3 is 2.23 bits per heavy atom. The third kappa shape index (κ3) is 7.72. The van der Waals surface area contributed by atoms with Crippen LogP contribution < -0.4 is 5.73 Å². The summed E-state index contributed by atoms with van der Waals surface area (Å²) in [6, 6.07) is 8.70. The van der Waals surface area contributed by atoms with E-state index >= 15 is 0 Å². The van der Waals surface area contributed by atoms with Crippen molar-refractivity contribution in [3.8, 4) is 0 Å². The summed E-state index contributed by atoms with van der Waals surface area (Å²) >= 11 is 0. The zero-order chi connectivity index (χ0) is 25.7. The summed E-state index contributed by atoms with van der Waals surface area (Å²) < 4.78 is 0. The average Bonchev–Trinajstić information content (AvgIpc) is 3.04. The summed E-state index contributed by atoms with van der Waals surface area (Å²) in [5, 5.41) is 0. The highest BCUT2D eigenvalue weighted by Crippen LogP contribution is 2.51. The van der Waals surface area contributed by atoms with Gasteiger partial charge in [0.05, 0.1) is 0 Å². The SMILES string of the molecule is C=CC1=C(/C=C\C)C(C)(C)C(=C/c2ccc(C)cc2)/C1=C\C=C\C=C/C(/C=C\C=C/C)C/C=C/N. The zero-order valence-electron chi connectivity index (χ0n) is 22.0. The fourth-order valence-corrected chi connectivity index (χ4v) is 4.26. The van der Waals surface area contributed by atoms with Crippen molar-refractivity contribution < 1.29 is 0 Å². The summed E-state index contributed by atoms with van der Waals surface area (Å²) in [5.74, 6) is 0.302. The van der Waals surface area contributed by atoms with Crippen LogP contribution in [-0.2, 0) is 0 Å². The van der Waals surface area contributed by atoms with Gasteiger partial charge in [0, 0.05) is 5.41 Å². The Labute approximate surface area is 213 Å². The molecule has 1 atom stereocenters. The lowest BCUT2D eigenvalue weighted by molar-refractivity contribution is 0.582. The van der Waals surface area contributed by atoms with Crippen molar-refractivity contribution in [2.24, 2.45) is 17.1 Å². The molecular formula is C34H41N. The minimum absolute atomic E-state index is 0.117. The summed E-state index contributed by atoms with van der Waals surface area (Å²) in [6.45, 7) is 14.9. The highest BCUT2D eigenvalue weighted by Gasteiger charge is 2.37. The number of nitrogens with two attached hydrogens (primary N) is 1.